The zero-order chi connectivity index (χ0) is 26.0. The van der Waals surface area contributed by atoms with Crippen molar-refractivity contribution in [1.82, 2.24) is 9.88 Å². The van der Waals surface area contributed by atoms with E-state index in [1.165, 1.54) is 18.2 Å². The molecule has 3 aromatic carbocycles. The lowest BCUT2D eigenvalue weighted by molar-refractivity contribution is 0.0858. The second kappa shape index (κ2) is 10.7. The number of nitrogens with one attached hydrogen (secondary N) is 2. The Morgan fingerprint density at radius 2 is 1.89 bits per heavy atom. The van der Waals surface area contributed by atoms with Crippen molar-refractivity contribution in [2.75, 3.05) is 17.9 Å². The van der Waals surface area contributed by atoms with Gasteiger partial charge in [-0.3, -0.25) is 18.9 Å². The maximum atomic E-state index is 13.2. The number of ether oxygens (including phenoxy) is 1. The molecular weight excluding hydrogens is 534 g/mol. The molecule has 1 amide bonds. The third kappa shape index (κ3) is 5.72. The summed E-state index contributed by atoms with van der Waals surface area (Å²) in [6.45, 7) is 1.39. The highest BCUT2D eigenvalue weighted by atomic mass is 35.5. The van der Waals surface area contributed by atoms with E-state index >= 15 is 0 Å². The average molecular weight is 558 g/mol. The predicted octanol–water partition coefficient (Wildman–Crippen LogP) is 4.47. The number of hydrogen-bond donors (Lipinski definition) is 2. The molecule has 0 radical (unpaired) electrons. The maximum absolute atomic E-state index is 13.2. The molecule has 8 nitrogen and oxygen atoms in total. The van der Waals surface area contributed by atoms with Gasteiger partial charge in [-0.05, 0) is 60.9 Å². The number of sulfonamides is 1. The quantitative estimate of drug-likeness (QED) is 0.332. The van der Waals surface area contributed by atoms with E-state index in [1.807, 2.05) is 12.1 Å². The molecule has 192 valence electrons. The van der Waals surface area contributed by atoms with E-state index in [4.69, 9.17) is 16.3 Å². The van der Waals surface area contributed by atoms with Crippen molar-refractivity contribution in [3.63, 3.8) is 0 Å². The van der Waals surface area contributed by atoms with Gasteiger partial charge in [-0.25, -0.2) is 8.42 Å². The van der Waals surface area contributed by atoms with Crippen molar-refractivity contribution in [2.45, 2.75) is 30.4 Å². The van der Waals surface area contributed by atoms with E-state index in [2.05, 4.69) is 10.0 Å². The number of aromatic nitrogens is 1. The highest BCUT2D eigenvalue weighted by molar-refractivity contribution is 7.92. The van der Waals surface area contributed by atoms with E-state index in [9.17, 15) is 18.0 Å². The second-order valence-electron chi connectivity index (χ2n) is 8.71. The van der Waals surface area contributed by atoms with Gasteiger partial charge in [0, 0.05) is 18.2 Å². The van der Waals surface area contributed by atoms with Gasteiger partial charge in [-0.1, -0.05) is 47.2 Å². The fourth-order valence-corrected chi connectivity index (χ4v) is 6.45. The van der Waals surface area contributed by atoms with Gasteiger partial charge in [0.1, 0.15) is 0 Å². The minimum absolute atomic E-state index is 0.00513. The SMILES string of the molecule is O=C(NC[C@@H]1CCCO1)c1ccccc1NS(=O)(=O)c1ccc2c(c1)sc(=O)n2Cc1ccc(Cl)cc1. The topological polar surface area (TPSA) is 106 Å². The molecular formula is C26H24ClN3O5S2. The second-order valence-corrected chi connectivity index (χ2v) is 11.8. The van der Waals surface area contributed by atoms with Crippen molar-refractivity contribution in [2.24, 2.45) is 0 Å². The fraction of sp³-hybridized carbons (Fsp3) is 0.231. The average Bonchev–Trinajstić information content (AvgIpc) is 3.51. The molecule has 1 atom stereocenters. The summed E-state index contributed by atoms with van der Waals surface area (Å²) in [5, 5.41) is 3.43. The molecule has 1 aliphatic heterocycles. The highest BCUT2D eigenvalue weighted by Gasteiger charge is 2.22. The van der Waals surface area contributed by atoms with Crippen molar-refractivity contribution in [3.8, 4) is 0 Å². The summed E-state index contributed by atoms with van der Waals surface area (Å²) in [6.07, 6.45) is 1.81. The third-order valence-corrected chi connectivity index (χ3v) is 8.69. The van der Waals surface area contributed by atoms with Crippen LogP contribution in [0.3, 0.4) is 0 Å². The van der Waals surface area contributed by atoms with E-state index in [0.717, 1.165) is 29.7 Å². The number of carbonyl (C=O) groups is 1. The third-order valence-electron chi connectivity index (χ3n) is 6.13. The first kappa shape index (κ1) is 25.5. The van der Waals surface area contributed by atoms with Crippen molar-refractivity contribution in [3.05, 3.63) is 92.5 Å². The Morgan fingerprint density at radius 3 is 2.65 bits per heavy atom. The predicted molar refractivity (Wildman–Crippen MR) is 145 cm³/mol. The molecule has 0 saturated carbocycles. The first-order valence-electron chi connectivity index (χ1n) is 11.7. The Morgan fingerprint density at radius 1 is 1.11 bits per heavy atom. The summed E-state index contributed by atoms with van der Waals surface area (Å²) in [5.74, 6) is -0.387. The van der Waals surface area contributed by atoms with Gasteiger partial charge in [0.25, 0.3) is 15.9 Å². The lowest BCUT2D eigenvalue weighted by Crippen LogP contribution is -2.32. The number of halogens is 1. The van der Waals surface area contributed by atoms with Crippen molar-refractivity contribution >= 4 is 54.8 Å². The van der Waals surface area contributed by atoms with E-state index in [0.29, 0.717) is 34.9 Å². The summed E-state index contributed by atoms with van der Waals surface area (Å²) in [4.78, 5) is 25.3. The van der Waals surface area contributed by atoms with Crippen LogP contribution in [-0.2, 0) is 21.3 Å². The number of nitrogens with zero attached hydrogens (tertiary/aromatic N) is 1. The van der Waals surface area contributed by atoms with Gasteiger partial charge in [0.2, 0.25) is 0 Å². The smallest absolute Gasteiger partial charge is 0.308 e. The number of amides is 1. The number of para-hydroxylation sites is 1. The van der Waals surface area contributed by atoms with Crippen LogP contribution in [0.2, 0.25) is 5.02 Å². The number of carbonyl (C=O) groups excluding carboxylic acids is 1. The van der Waals surface area contributed by atoms with Gasteiger partial charge < -0.3 is 10.1 Å². The Labute approximate surface area is 222 Å². The Hall–Kier alpha value is -3.18. The summed E-state index contributed by atoms with van der Waals surface area (Å²) in [5.41, 5.74) is 1.92. The zero-order valence-corrected chi connectivity index (χ0v) is 22.0. The van der Waals surface area contributed by atoms with E-state index < -0.39 is 10.0 Å². The first-order chi connectivity index (χ1) is 17.8. The largest absolute Gasteiger partial charge is 0.376 e. The molecule has 1 aromatic heterocycles. The normalized spacial score (nSPS) is 15.6. The van der Waals surface area contributed by atoms with Gasteiger partial charge in [-0.15, -0.1) is 0 Å². The van der Waals surface area contributed by atoms with Gasteiger partial charge >= 0.3 is 4.87 Å². The van der Waals surface area contributed by atoms with Crippen LogP contribution in [0.4, 0.5) is 5.69 Å². The molecule has 5 rings (SSSR count). The molecule has 2 N–H and O–H groups in total. The Balaban J connectivity index is 1.37. The van der Waals surface area contributed by atoms with Crippen LogP contribution < -0.4 is 14.9 Å². The number of anilines is 1. The maximum Gasteiger partial charge on any atom is 0.308 e. The lowest BCUT2D eigenvalue weighted by atomic mass is 10.1. The van der Waals surface area contributed by atoms with Crippen LogP contribution in [-0.4, -0.2) is 38.1 Å². The Kier molecular flexibility index (Phi) is 7.34. The van der Waals surface area contributed by atoms with E-state index in [1.54, 1.807) is 41.0 Å². The summed E-state index contributed by atoms with van der Waals surface area (Å²) in [6, 6.07) is 18.2. The molecule has 1 fully saturated rings. The fourth-order valence-electron chi connectivity index (χ4n) is 4.22. The molecule has 0 aliphatic carbocycles. The molecule has 0 bridgehead atoms. The molecule has 0 spiro atoms. The van der Waals surface area contributed by atoms with Crippen LogP contribution in [0, 0.1) is 0 Å². The van der Waals surface area contributed by atoms with Crippen molar-refractivity contribution in [1.29, 1.82) is 0 Å². The monoisotopic (exact) mass is 557 g/mol. The van der Waals surface area contributed by atoms with Gasteiger partial charge in [0.05, 0.1) is 39.0 Å². The number of thiazole rings is 1. The Bertz CT molecular complexity index is 1610. The first-order valence-corrected chi connectivity index (χ1v) is 14.4. The standard InChI is InChI=1S/C26H24ClN3O5S2/c27-18-9-7-17(8-10-18)16-30-23-12-11-20(14-24(23)36-26(30)32)37(33,34)29-22-6-2-1-5-21(22)25(31)28-15-19-4-3-13-35-19/h1-2,5-12,14,19,29H,3-4,13,15-16H2,(H,28,31)/t19-/m0/s1. The molecule has 1 saturated heterocycles. The molecule has 1 aliphatic rings. The van der Waals surface area contributed by atoms with Crippen LogP contribution >= 0.6 is 22.9 Å². The summed E-state index contributed by atoms with van der Waals surface area (Å²) < 4.78 is 36.7. The molecule has 37 heavy (non-hydrogen) atoms. The van der Waals surface area contributed by atoms with E-state index in [-0.39, 0.29) is 33.0 Å². The highest BCUT2D eigenvalue weighted by Crippen LogP contribution is 2.26. The van der Waals surface area contributed by atoms with Gasteiger partial charge in [-0.2, -0.15) is 0 Å². The number of benzene rings is 3. The zero-order valence-electron chi connectivity index (χ0n) is 19.6. The van der Waals surface area contributed by atoms with Crippen LogP contribution in [0.25, 0.3) is 10.2 Å². The number of hydrogen-bond acceptors (Lipinski definition) is 6. The minimum atomic E-state index is -4.03. The van der Waals surface area contributed by atoms with Gasteiger partial charge in [0.15, 0.2) is 0 Å². The van der Waals surface area contributed by atoms with Crippen molar-refractivity contribution < 1.29 is 17.9 Å². The number of fused-ring (bicyclic) bond motifs is 1. The molecule has 4 aromatic rings. The van der Waals surface area contributed by atoms with Crippen LogP contribution in [0.5, 0.6) is 0 Å². The van der Waals surface area contributed by atoms with Crippen LogP contribution in [0.15, 0.2) is 76.4 Å². The molecule has 11 heteroatoms. The molecule has 0 unspecified atom stereocenters. The van der Waals surface area contributed by atoms with Crippen LogP contribution in [0.1, 0.15) is 28.8 Å². The summed E-state index contributed by atoms with van der Waals surface area (Å²) in [7, 11) is -4.03. The lowest BCUT2D eigenvalue weighted by Gasteiger charge is -2.14. The summed E-state index contributed by atoms with van der Waals surface area (Å²) >= 11 is 6.93. The molecule has 2 heterocycles. The number of rotatable bonds is 8. The minimum Gasteiger partial charge on any atom is -0.376 e.